The summed E-state index contributed by atoms with van der Waals surface area (Å²) in [5.41, 5.74) is 9.39. The second kappa shape index (κ2) is 13.6. The van der Waals surface area contributed by atoms with Gasteiger partial charge in [0.2, 0.25) is 0 Å². The highest BCUT2D eigenvalue weighted by Crippen LogP contribution is 2.41. The van der Waals surface area contributed by atoms with Gasteiger partial charge in [0.1, 0.15) is 0 Å². The summed E-state index contributed by atoms with van der Waals surface area (Å²) >= 11 is 0. The van der Waals surface area contributed by atoms with Gasteiger partial charge in [0, 0.05) is 38.4 Å². The molecule has 0 aliphatic rings. The third kappa shape index (κ3) is 5.32. The van der Waals surface area contributed by atoms with Crippen molar-refractivity contribution in [3.05, 3.63) is 212 Å². The standard InChI is InChI=1S/C57H35N5/c1-2-19-43(20-3-1)61-49-24-12-10-22-45(49)47-30-28-42(35-52(47)61)56-58-55(41-27-26-36-14-4-5-16-38(36)32-41)59-57(60-56)54-44-21-9-8-15-37(44)29-31-51(54)62-50-25-13-11-23-46(50)48-33-39-17-6-7-18-40(39)34-53(48)62/h1-35H. The van der Waals surface area contributed by atoms with E-state index in [4.69, 9.17) is 15.0 Å². The van der Waals surface area contributed by atoms with Gasteiger partial charge in [0.25, 0.3) is 0 Å². The Balaban J connectivity index is 1.12. The molecule has 0 aliphatic heterocycles. The molecule has 0 bridgehead atoms. The molecule has 3 heterocycles. The summed E-state index contributed by atoms with van der Waals surface area (Å²) in [6.07, 6.45) is 0. The molecule has 10 aromatic carbocycles. The number of rotatable bonds is 5. The SMILES string of the molecule is c1ccc(-n2c3ccccc3c3ccc(-c4nc(-c5ccc6ccccc6c5)nc(-c5c(-n6c7ccccc7c7cc8ccccc8cc76)ccc6ccccc56)n4)cc32)cc1. The Kier molecular flexibility index (Phi) is 7.54. The zero-order chi connectivity index (χ0) is 40.7. The fourth-order valence-electron chi connectivity index (χ4n) is 9.64. The Morgan fingerprint density at radius 2 is 0.774 bits per heavy atom. The smallest absolute Gasteiger partial charge is 0.166 e. The van der Waals surface area contributed by atoms with Crippen LogP contribution < -0.4 is 0 Å². The summed E-state index contributed by atoms with van der Waals surface area (Å²) < 4.78 is 4.75. The van der Waals surface area contributed by atoms with Gasteiger partial charge < -0.3 is 9.13 Å². The van der Waals surface area contributed by atoms with Crippen LogP contribution in [-0.2, 0) is 0 Å². The maximum atomic E-state index is 5.51. The normalized spacial score (nSPS) is 11.9. The summed E-state index contributed by atoms with van der Waals surface area (Å²) in [6.45, 7) is 0. The van der Waals surface area contributed by atoms with Crippen molar-refractivity contribution in [2.24, 2.45) is 0 Å². The molecule has 13 aromatic rings. The number of benzene rings is 10. The first-order chi connectivity index (χ1) is 30.7. The van der Waals surface area contributed by atoms with Gasteiger partial charge in [-0.3, -0.25) is 0 Å². The first kappa shape index (κ1) is 34.5. The Morgan fingerprint density at radius 1 is 0.274 bits per heavy atom. The molecule has 0 atom stereocenters. The average molecular weight is 790 g/mol. The van der Waals surface area contributed by atoms with Crippen LogP contribution >= 0.6 is 0 Å². The molecular weight excluding hydrogens is 755 g/mol. The molecule has 0 N–H and O–H groups in total. The van der Waals surface area contributed by atoms with Crippen LogP contribution in [0.4, 0.5) is 0 Å². The maximum absolute atomic E-state index is 5.51. The highest BCUT2D eigenvalue weighted by molar-refractivity contribution is 6.15. The van der Waals surface area contributed by atoms with Gasteiger partial charge in [-0.1, -0.05) is 158 Å². The summed E-state index contributed by atoms with van der Waals surface area (Å²) in [7, 11) is 0. The molecule has 0 saturated carbocycles. The van der Waals surface area contributed by atoms with Crippen LogP contribution in [0.3, 0.4) is 0 Å². The fraction of sp³-hybridized carbons (Fsp3) is 0. The predicted octanol–water partition coefficient (Wildman–Crippen LogP) is 14.5. The molecule has 0 spiro atoms. The monoisotopic (exact) mass is 789 g/mol. The van der Waals surface area contributed by atoms with Crippen molar-refractivity contribution in [3.8, 4) is 45.5 Å². The van der Waals surface area contributed by atoms with E-state index in [1.165, 1.54) is 37.7 Å². The van der Waals surface area contributed by atoms with Gasteiger partial charge in [-0.15, -0.1) is 0 Å². The van der Waals surface area contributed by atoms with Gasteiger partial charge in [-0.05, 0) is 86.9 Å². The summed E-state index contributed by atoms with van der Waals surface area (Å²) in [5.74, 6) is 1.84. The van der Waals surface area contributed by atoms with Crippen molar-refractivity contribution in [3.63, 3.8) is 0 Å². The lowest BCUT2D eigenvalue weighted by Gasteiger charge is -2.17. The Labute approximate surface area is 356 Å². The molecule has 288 valence electrons. The van der Waals surface area contributed by atoms with Gasteiger partial charge in [-0.25, -0.2) is 15.0 Å². The second-order valence-corrected chi connectivity index (χ2v) is 16.0. The topological polar surface area (TPSA) is 48.5 Å². The quantitative estimate of drug-likeness (QED) is 0.174. The van der Waals surface area contributed by atoms with Gasteiger partial charge in [0.15, 0.2) is 17.5 Å². The van der Waals surface area contributed by atoms with E-state index in [-0.39, 0.29) is 0 Å². The number of hydrogen-bond acceptors (Lipinski definition) is 3. The second-order valence-electron chi connectivity index (χ2n) is 16.0. The number of para-hydroxylation sites is 3. The van der Waals surface area contributed by atoms with Crippen LogP contribution in [0.25, 0.3) is 121 Å². The van der Waals surface area contributed by atoms with E-state index >= 15 is 0 Å². The lowest BCUT2D eigenvalue weighted by molar-refractivity contribution is 1.07. The largest absolute Gasteiger partial charge is 0.309 e. The van der Waals surface area contributed by atoms with Crippen molar-refractivity contribution < 1.29 is 0 Å². The molecule has 0 amide bonds. The zero-order valence-corrected chi connectivity index (χ0v) is 33.4. The van der Waals surface area contributed by atoms with Crippen molar-refractivity contribution in [2.45, 2.75) is 0 Å². The molecular formula is C57H35N5. The molecule has 13 rings (SSSR count). The van der Waals surface area contributed by atoms with Crippen LogP contribution in [0.1, 0.15) is 0 Å². The maximum Gasteiger partial charge on any atom is 0.166 e. The molecule has 3 aromatic heterocycles. The minimum atomic E-state index is 0.608. The zero-order valence-electron chi connectivity index (χ0n) is 33.4. The minimum absolute atomic E-state index is 0.608. The highest BCUT2D eigenvalue weighted by atomic mass is 15.1. The van der Waals surface area contributed by atoms with Crippen molar-refractivity contribution in [1.82, 2.24) is 24.1 Å². The van der Waals surface area contributed by atoms with Crippen molar-refractivity contribution >= 4 is 75.9 Å². The number of nitrogens with zero attached hydrogens (tertiary/aromatic N) is 5. The van der Waals surface area contributed by atoms with E-state index in [9.17, 15) is 0 Å². The fourth-order valence-corrected chi connectivity index (χ4v) is 9.64. The molecule has 62 heavy (non-hydrogen) atoms. The summed E-state index contributed by atoms with van der Waals surface area (Å²) in [5, 5.41) is 11.7. The van der Waals surface area contributed by atoms with Crippen LogP contribution in [0, 0.1) is 0 Å². The first-order valence-electron chi connectivity index (χ1n) is 21.0. The van der Waals surface area contributed by atoms with Crippen molar-refractivity contribution in [2.75, 3.05) is 0 Å². The summed E-state index contributed by atoms with van der Waals surface area (Å²) in [4.78, 5) is 16.3. The van der Waals surface area contributed by atoms with E-state index in [0.717, 1.165) is 66.3 Å². The number of fused-ring (bicyclic) bond motifs is 9. The molecule has 5 heteroatoms. The molecule has 0 saturated heterocycles. The number of hydrogen-bond donors (Lipinski definition) is 0. The predicted molar refractivity (Wildman–Crippen MR) is 257 cm³/mol. The third-order valence-electron chi connectivity index (χ3n) is 12.5. The Morgan fingerprint density at radius 3 is 1.53 bits per heavy atom. The molecule has 0 unspecified atom stereocenters. The summed E-state index contributed by atoms with van der Waals surface area (Å²) in [6, 6.07) is 75.7. The van der Waals surface area contributed by atoms with Gasteiger partial charge in [0.05, 0.1) is 33.3 Å². The van der Waals surface area contributed by atoms with E-state index in [0.29, 0.717) is 17.5 Å². The van der Waals surface area contributed by atoms with Crippen LogP contribution in [0.2, 0.25) is 0 Å². The van der Waals surface area contributed by atoms with E-state index in [1.54, 1.807) is 0 Å². The lowest BCUT2D eigenvalue weighted by atomic mass is 10.0. The van der Waals surface area contributed by atoms with Crippen LogP contribution in [-0.4, -0.2) is 24.1 Å². The van der Waals surface area contributed by atoms with Gasteiger partial charge >= 0.3 is 0 Å². The van der Waals surface area contributed by atoms with E-state index in [1.807, 2.05) is 0 Å². The molecule has 5 nitrogen and oxygen atoms in total. The van der Waals surface area contributed by atoms with E-state index < -0.39 is 0 Å². The van der Waals surface area contributed by atoms with Crippen LogP contribution in [0.5, 0.6) is 0 Å². The third-order valence-corrected chi connectivity index (χ3v) is 12.5. The first-order valence-corrected chi connectivity index (χ1v) is 21.0. The molecule has 0 radical (unpaired) electrons. The van der Waals surface area contributed by atoms with E-state index in [2.05, 4.69) is 221 Å². The van der Waals surface area contributed by atoms with Crippen LogP contribution in [0.15, 0.2) is 212 Å². The van der Waals surface area contributed by atoms with Gasteiger partial charge in [-0.2, -0.15) is 0 Å². The van der Waals surface area contributed by atoms with Crippen molar-refractivity contribution in [1.29, 1.82) is 0 Å². The Bertz CT molecular complexity index is 3930. The number of aromatic nitrogens is 5. The molecule has 0 fully saturated rings. The minimum Gasteiger partial charge on any atom is -0.309 e. The highest BCUT2D eigenvalue weighted by Gasteiger charge is 2.23. The molecule has 0 aliphatic carbocycles. The lowest BCUT2D eigenvalue weighted by Crippen LogP contribution is -2.04. The average Bonchev–Trinajstić information content (AvgIpc) is 3.84. The Hall–Kier alpha value is -8.41.